The third-order valence-corrected chi connectivity index (χ3v) is 3.91. The quantitative estimate of drug-likeness (QED) is 0.830. The Morgan fingerprint density at radius 3 is 2.25 bits per heavy atom. The summed E-state index contributed by atoms with van der Waals surface area (Å²) < 4.78 is 4.86. The van der Waals surface area contributed by atoms with E-state index in [1.807, 2.05) is 6.07 Å². The molecule has 130 valence electrons. The van der Waals surface area contributed by atoms with E-state index < -0.39 is 0 Å². The molecule has 2 rings (SSSR count). The van der Waals surface area contributed by atoms with Crippen molar-refractivity contribution in [3.05, 3.63) is 35.9 Å². The highest BCUT2D eigenvalue weighted by Gasteiger charge is 2.22. The standard InChI is InChI=1S/C17H23N3O4/c1-24-13-16(22)20-9-5-8-19(10-11-20)15(21)12-18-17(23)14-6-3-2-4-7-14/h2-4,6-7H,5,8-13H2,1H3,(H,18,23). The van der Waals surface area contributed by atoms with E-state index in [-0.39, 0.29) is 30.9 Å². The molecule has 1 heterocycles. The summed E-state index contributed by atoms with van der Waals surface area (Å²) in [6.07, 6.45) is 0.716. The van der Waals surface area contributed by atoms with E-state index >= 15 is 0 Å². The van der Waals surface area contributed by atoms with Crippen molar-refractivity contribution >= 4 is 17.7 Å². The number of nitrogens with zero attached hydrogens (tertiary/aromatic N) is 2. The minimum Gasteiger partial charge on any atom is -0.375 e. The van der Waals surface area contributed by atoms with E-state index in [9.17, 15) is 14.4 Å². The smallest absolute Gasteiger partial charge is 0.251 e. The minimum atomic E-state index is -0.268. The summed E-state index contributed by atoms with van der Waals surface area (Å²) in [4.78, 5) is 39.5. The van der Waals surface area contributed by atoms with Crippen LogP contribution in [0.4, 0.5) is 0 Å². The lowest BCUT2D eigenvalue weighted by molar-refractivity contribution is -0.136. The average molecular weight is 333 g/mol. The average Bonchev–Trinajstić information content (AvgIpc) is 2.86. The summed E-state index contributed by atoms with van der Waals surface area (Å²) in [6, 6.07) is 8.78. The third-order valence-electron chi connectivity index (χ3n) is 3.91. The zero-order chi connectivity index (χ0) is 17.4. The molecule has 0 unspecified atom stereocenters. The molecule has 0 atom stereocenters. The molecule has 0 aromatic heterocycles. The van der Waals surface area contributed by atoms with E-state index in [0.717, 1.165) is 0 Å². The summed E-state index contributed by atoms with van der Waals surface area (Å²) in [6.45, 7) is 2.16. The molecule has 24 heavy (non-hydrogen) atoms. The van der Waals surface area contributed by atoms with Crippen LogP contribution in [-0.4, -0.2) is 74.0 Å². The van der Waals surface area contributed by atoms with Crippen LogP contribution in [0.5, 0.6) is 0 Å². The van der Waals surface area contributed by atoms with Crippen LogP contribution in [-0.2, 0) is 14.3 Å². The second-order valence-corrected chi connectivity index (χ2v) is 5.60. The molecule has 0 aliphatic carbocycles. The maximum absolute atomic E-state index is 12.3. The van der Waals surface area contributed by atoms with Crippen LogP contribution < -0.4 is 5.32 Å². The highest BCUT2D eigenvalue weighted by Crippen LogP contribution is 2.04. The van der Waals surface area contributed by atoms with Crippen LogP contribution in [0.2, 0.25) is 0 Å². The van der Waals surface area contributed by atoms with Crippen molar-refractivity contribution in [2.75, 3.05) is 46.4 Å². The normalized spacial score (nSPS) is 14.9. The lowest BCUT2D eigenvalue weighted by Gasteiger charge is -2.22. The van der Waals surface area contributed by atoms with Crippen molar-refractivity contribution in [3.8, 4) is 0 Å². The van der Waals surface area contributed by atoms with Crippen LogP contribution in [0.1, 0.15) is 16.8 Å². The molecule has 1 saturated heterocycles. The molecular formula is C17H23N3O4. The van der Waals surface area contributed by atoms with E-state index in [4.69, 9.17) is 4.74 Å². The van der Waals surface area contributed by atoms with Gasteiger partial charge in [0.15, 0.2) is 0 Å². The summed E-state index contributed by atoms with van der Waals surface area (Å²) in [5.41, 5.74) is 0.525. The number of carbonyl (C=O) groups is 3. The minimum absolute atomic E-state index is 0.0419. The molecule has 7 nitrogen and oxygen atoms in total. The Morgan fingerprint density at radius 1 is 1.00 bits per heavy atom. The maximum Gasteiger partial charge on any atom is 0.251 e. The van der Waals surface area contributed by atoms with Gasteiger partial charge >= 0.3 is 0 Å². The van der Waals surface area contributed by atoms with Crippen LogP contribution in [0.15, 0.2) is 30.3 Å². The summed E-state index contributed by atoms with van der Waals surface area (Å²) >= 11 is 0. The van der Waals surface area contributed by atoms with E-state index in [0.29, 0.717) is 38.2 Å². The predicted molar refractivity (Wildman–Crippen MR) is 88.4 cm³/mol. The SMILES string of the molecule is COCC(=O)N1CCCN(C(=O)CNC(=O)c2ccccc2)CC1. The Kier molecular flexibility index (Phi) is 6.74. The van der Waals surface area contributed by atoms with Crippen LogP contribution in [0.3, 0.4) is 0 Å². The number of benzene rings is 1. The maximum atomic E-state index is 12.3. The van der Waals surface area contributed by atoms with E-state index in [1.165, 1.54) is 7.11 Å². The molecule has 1 aromatic rings. The van der Waals surface area contributed by atoms with Crippen LogP contribution in [0, 0.1) is 0 Å². The molecule has 3 amide bonds. The Hall–Kier alpha value is -2.41. The van der Waals surface area contributed by atoms with E-state index in [2.05, 4.69) is 5.32 Å². The van der Waals surface area contributed by atoms with Gasteiger partial charge in [-0.1, -0.05) is 18.2 Å². The summed E-state index contributed by atoms with van der Waals surface area (Å²) in [7, 11) is 1.49. The number of ether oxygens (including phenoxy) is 1. The fraction of sp³-hybridized carbons (Fsp3) is 0.471. The third kappa shape index (κ3) is 5.06. The zero-order valence-electron chi connectivity index (χ0n) is 13.9. The number of hydrogen-bond donors (Lipinski definition) is 1. The van der Waals surface area contributed by atoms with Gasteiger partial charge in [0.1, 0.15) is 6.61 Å². The van der Waals surface area contributed by atoms with Crippen LogP contribution in [0.25, 0.3) is 0 Å². The molecular weight excluding hydrogens is 310 g/mol. The van der Waals surface area contributed by atoms with Crippen molar-refractivity contribution in [1.29, 1.82) is 0 Å². The highest BCUT2D eigenvalue weighted by molar-refractivity contribution is 5.96. The Bertz CT molecular complexity index is 576. The van der Waals surface area contributed by atoms with Gasteiger partial charge in [-0.3, -0.25) is 14.4 Å². The van der Waals surface area contributed by atoms with Gasteiger partial charge < -0.3 is 19.9 Å². The summed E-state index contributed by atoms with van der Waals surface area (Å²) in [5.74, 6) is -0.472. The number of carbonyl (C=O) groups excluding carboxylic acids is 3. The van der Waals surface area contributed by atoms with Gasteiger partial charge in [-0.25, -0.2) is 0 Å². The predicted octanol–water partition coefficient (Wildman–Crippen LogP) is 0.124. The van der Waals surface area contributed by atoms with Gasteiger partial charge in [0.25, 0.3) is 5.91 Å². The lowest BCUT2D eigenvalue weighted by Crippen LogP contribution is -2.42. The highest BCUT2D eigenvalue weighted by atomic mass is 16.5. The van der Waals surface area contributed by atoms with Crippen molar-refractivity contribution in [2.24, 2.45) is 0 Å². The molecule has 7 heteroatoms. The number of methoxy groups -OCH3 is 1. The van der Waals surface area contributed by atoms with Crippen molar-refractivity contribution < 1.29 is 19.1 Å². The topological polar surface area (TPSA) is 79.0 Å². The number of hydrogen-bond acceptors (Lipinski definition) is 4. The second kappa shape index (κ2) is 9.02. The lowest BCUT2D eigenvalue weighted by atomic mass is 10.2. The van der Waals surface area contributed by atoms with Gasteiger partial charge in [0, 0.05) is 38.9 Å². The zero-order valence-corrected chi connectivity index (χ0v) is 13.9. The van der Waals surface area contributed by atoms with Gasteiger partial charge in [-0.05, 0) is 18.6 Å². The molecule has 0 saturated carbocycles. The van der Waals surface area contributed by atoms with Crippen molar-refractivity contribution in [2.45, 2.75) is 6.42 Å². The fourth-order valence-corrected chi connectivity index (χ4v) is 2.59. The number of nitrogens with one attached hydrogen (secondary N) is 1. The van der Waals surface area contributed by atoms with Gasteiger partial charge in [0.05, 0.1) is 6.54 Å². The largest absolute Gasteiger partial charge is 0.375 e. The van der Waals surface area contributed by atoms with Crippen molar-refractivity contribution in [3.63, 3.8) is 0 Å². The van der Waals surface area contributed by atoms with Gasteiger partial charge in [0.2, 0.25) is 11.8 Å². The number of rotatable bonds is 5. The molecule has 1 fully saturated rings. The van der Waals surface area contributed by atoms with Crippen LogP contribution >= 0.6 is 0 Å². The molecule has 0 spiro atoms. The Morgan fingerprint density at radius 2 is 1.62 bits per heavy atom. The first-order valence-electron chi connectivity index (χ1n) is 7.99. The fourth-order valence-electron chi connectivity index (χ4n) is 2.59. The molecule has 0 bridgehead atoms. The molecule has 1 aliphatic rings. The Balaban J connectivity index is 1.80. The van der Waals surface area contributed by atoms with Crippen molar-refractivity contribution in [1.82, 2.24) is 15.1 Å². The monoisotopic (exact) mass is 333 g/mol. The molecule has 1 aliphatic heterocycles. The number of amides is 3. The molecule has 0 radical (unpaired) electrons. The Labute approximate surface area is 141 Å². The van der Waals surface area contributed by atoms with Gasteiger partial charge in [-0.2, -0.15) is 0 Å². The summed E-state index contributed by atoms with van der Waals surface area (Å²) in [5, 5.41) is 2.64. The first-order valence-corrected chi connectivity index (χ1v) is 7.99. The second-order valence-electron chi connectivity index (χ2n) is 5.60. The van der Waals surface area contributed by atoms with E-state index in [1.54, 1.807) is 34.1 Å². The first kappa shape index (κ1) is 17.9. The molecule has 1 N–H and O–H groups in total. The van der Waals surface area contributed by atoms with Gasteiger partial charge in [-0.15, -0.1) is 0 Å². The molecule has 1 aromatic carbocycles. The first-order chi connectivity index (χ1) is 11.6.